The van der Waals surface area contributed by atoms with Crippen molar-refractivity contribution in [3.63, 3.8) is 0 Å². The molecular weight excluding hydrogens is 357 g/mol. The molecule has 0 aliphatic heterocycles. The van der Waals surface area contributed by atoms with Crippen LogP contribution in [0, 0.1) is 0 Å². The number of halogens is 3. The Morgan fingerprint density at radius 1 is 1.31 bits per heavy atom. The topological polar surface area (TPSA) is 30.7 Å². The molecular formula is C10H8Br2ClN3. The first-order valence-electron chi connectivity index (χ1n) is 4.53. The van der Waals surface area contributed by atoms with Gasteiger partial charge in [0.05, 0.1) is 5.88 Å². The highest BCUT2D eigenvalue weighted by molar-refractivity contribution is 9.11. The van der Waals surface area contributed by atoms with E-state index in [9.17, 15) is 0 Å². The SMILES string of the molecule is Cn1c(CCl)nnc1-c1ccc(Br)cc1Br. The summed E-state index contributed by atoms with van der Waals surface area (Å²) in [5.74, 6) is 1.92. The van der Waals surface area contributed by atoms with Gasteiger partial charge >= 0.3 is 0 Å². The highest BCUT2D eigenvalue weighted by atomic mass is 79.9. The molecule has 16 heavy (non-hydrogen) atoms. The lowest BCUT2D eigenvalue weighted by Crippen LogP contribution is -1.97. The third kappa shape index (κ3) is 2.17. The van der Waals surface area contributed by atoms with E-state index in [1.54, 1.807) is 0 Å². The van der Waals surface area contributed by atoms with Crippen molar-refractivity contribution in [2.75, 3.05) is 0 Å². The fraction of sp³-hybridized carbons (Fsp3) is 0.200. The summed E-state index contributed by atoms with van der Waals surface area (Å²) < 4.78 is 3.88. The van der Waals surface area contributed by atoms with Crippen LogP contribution in [0.15, 0.2) is 27.1 Å². The Morgan fingerprint density at radius 3 is 2.62 bits per heavy atom. The molecule has 0 amide bonds. The van der Waals surface area contributed by atoms with Gasteiger partial charge in [-0.05, 0) is 34.1 Å². The Balaban J connectivity index is 2.54. The summed E-state index contributed by atoms with van der Waals surface area (Å²) in [7, 11) is 1.90. The Hall–Kier alpha value is -0.390. The number of nitrogens with zero attached hydrogens (tertiary/aromatic N) is 3. The molecule has 0 fully saturated rings. The molecule has 6 heteroatoms. The third-order valence-corrected chi connectivity index (χ3v) is 3.64. The van der Waals surface area contributed by atoms with E-state index in [2.05, 4.69) is 42.1 Å². The lowest BCUT2D eigenvalue weighted by molar-refractivity contribution is 0.853. The Kier molecular flexibility index (Phi) is 3.66. The van der Waals surface area contributed by atoms with Gasteiger partial charge in [-0.3, -0.25) is 0 Å². The molecule has 0 spiro atoms. The van der Waals surface area contributed by atoms with Crippen LogP contribution in [0.3, 0.4) is 0 Å². The van der Waals surface area contributed by atoms with Crippen molar-refractivity contribution in [1.29, 1.82) is 0 Å². The van der Waals surface area contributed by atoms with Crippen LogP contribution in [0.5, 0.6) is 0 Å². The zero-order chi connectivity index (χ0) is 11.7. The summed E-state index contributed by atoms with van der Waals surface area (Å²) in [6.07, 6.45) is 0. The van der Waals surface area contributed by atoms with Crippen molar-refractivity contribution in [2.24, 2.45) is 7.05 Å². The fourth-order valence-electron chi connectivity index (χ4n) is 1.38. The molecule has 0 saturated heterocycles. The van der Waals surface area contributed by atoms with E-state index in [1.807, 2.05) is 29.8 Å². The Labute approximate surface area is 115 Å². The number of aromatic nitrogens is 3. The normalized spacial score (nSPS) is 10.8. The molecule has 0 aliphatic carbocycles. The average molecular weight is 365 g/mol. The van der Waals surface area contributed by atoms with Crippen molar-refractivity contribution in [3.8, 4) is 11.4 Å². The molecule has 0 aliphatic rings. The first-order chi connectivity index (χ1) is 7.63. The van der Waals surface area contributed by atoms with E-state index in [-0.39, 0.29) is 0 Å². The molecule has 0 atom stereocenters. The fourth-order valence-corrected chi connectivity index (χ4v) is 2.84. The largest absolute Gasteiger partial charge is 0.313 e. The zero-order valence-electron chi connectivity index (χ0n) is 8.41. The Bertz CT molecular complexity index is 525. The number of hydrogen-bond donors (Lipinski definition) is 0. The van der Waals surface area contributed by atoms with Crippen LogP contribution in [0.2, 0.25) is 0 Å². The van der Waals surface area contributed by atoms with E-state index in [4.69, 9.17) is 11.6 Å². The van der Waals surface area contributed by atoms with E-state index < -0.39 is 0 Å². The maximum atomic E-state index is 5.76. The molecule has 0 bridgehead atoms. The van der Waals surface area contributed by atoms with Crippen LogP contribution in [0.25, 0.3) is 11.4 Å². The van der Waals surface area contributed by atoms with Gasteiger partial charge < -0.3 is 4.57 Å². The molecule has 1 aromatic carbocycles. The minimum Gasteiger partial charge on any atom is -0.313 e. The number of alkyl halides is 1. The third-order valence-electron chi connectivity index (χ3n) is 2.26. The average Bonchev–Trinajstić information content (AvgIpc) is 2.60. The van der Waals surface area contributed by atoms with Crippen molar-refractivity contribution in [2.45, 2.75) is 5.88 Å². The Morgan fingerprint density at radius 2 is 2.06 bits per heavy atom. The van der Waals surface area contributed by atoms with E-state index in [0.29, 0.717) is 5.88 Å². The summed E-state index contributed by atoms with van der Waals surface area (Å²) in [5, 5.41) is 8.15. The van der Waals surface area contributed by atoms with E-state index in [1.165, 1.54) is 0 Å². The summed E-state index contributed by atoms with van der Waals surface area (Å²) >= 11 is 12.7. The first kappa shape index (κ1) is 12.1. The standard InChI is InChI=1S/C10H8Br2ClN3/c1-16-9(5-13)14-15-10(16)7-3-2-6(11)4-8(7)12/h2-4H,5H2,1H3. The highest BCUT2D eigenvalue weighted by Gasteiger charge is 2.12. The number of benzene rings is 1. The zero-order valence-corrected chi connectivity index (χ0v) is 12.3. The maximum absolute atomic E-state index is 5.76. The van der Waals surface area contributed by atoms with Gasteiger partial charge in [0, 0.05) is 21.6 Å². The van der Waals surface area contributed by atoms with E-state index in [0.717, 1.165) is 26.2 Å². The van der Waals surface area contributed by atoms with E-state index >= 15 is 0 Å². The molecule has 3 nitrogen and oxygen atoms in total. The lowest BCUT2D eigenvalue weighted by atomic mass is 10.2. The second-order valence-electron chi connectivity index (χ2n) is 3.26. The second-order valence-corrected chi connectivity index (χ2v) is 5.29. The quantitative estimate of drug-likeness (QED) is 0.759. The molecule has 0 N–H and O–H groups in total. The molecule has 0 radical (unpaired) electrons. The van der Waals surface area contributed by atoms with Crippen LogP contribution in [-0.2, 0) is 12.9 Å². The predicted molar refractivity (Wildman–Crippen MR) is 71.4 cm³/mol. The molecule has 0 unspecified atom stereocenters. The monoisotopic (exact) mass is 363 g/mol. The van der Waals surface area contributed by atoms with Gasteiger partial charge in [0.15, 0.2) is 5.82 Å². The lowest BCUT2D eigenvalue weighted by Gasteiger charge is -2.05. The maximum Gasteiger partial charge on any atom is 0.164 e. The summed E-state index contributed by atoms with van der Waals surface area (Å²) in [6.45, 7) is 0. The highest BCUT2D eigenvalue weighted by Crippen LogP contribution is 2.29. The summed E-state index contributed by atoms with van der Waals surface area (Å²) in [4.78, 5) is 0. The van der Waals surface area contributed by atoms with Gasteiger partial charge in [0.25, 0.3) is 0 Å². The molecule has 1 heterocycles. The minimum atomic E-state index is 0.359. The number of hydrogen-bond acceptors (Lipinski definition) is 2. The summed E-state index contributed by atoms with van der Waals surface area (Å²) in [5.41, 5.74) is 0.995. The van der Waals surface area contributed by atoms with Crippen LogP contribution in [0.4, 0.5) is 0 Å². The van der Waals surface area contributed by atoms with Gasteiger partial charge in [-0.1, -0.05) is 15.9 Å². The van der Waals surface area contributed by atoms with Crippen molar-refractivity contribution in [3.05, 3.63) is 33.0 Å². The molecule has 2 aromatic rings. The van der Waals surface area contributed by atoms with Gasteiger partial charge in [0.2, 0.25) is 0 Å². The molecule has 1 aromatic heterocycles. The van der Waals surface area contributed by atoms with Crippen LogP contribution >= 0.6 is 43.5 Å². The first-order valence-corrected chi connectivity index (χ1v) is 6.65. The van der Waals surface area contributed by atoms with Gasteiger partial charge in [-0.15, -0.1) is 21.8 Å². The molecule has 2 rings (SSSR count). The van der Waals surface area contributed by atoms with Gasteiger partial charge in [-0.25, -0.2) is 0 Å². The summed E-state index contributed by atoms with van der Waals surface area (Å²) in [6, 6.07) is 5.93. The smallest absolute Gasteiger partial charge is 0.164 e. The number of rotatable bonds is 2. The van der Waals surface area contributed by atoms with Gasteiger partial charge in [0.1, 0.15) is 5.82 Å². The predicted octanol–water partition coefficient (Wildman–Crippen LogP) is 3.75. The van der Waals surface area contributed by atoms with Crippen molar-refractivity contribution in [1.82, 2.24) is 14.8 Å². The molecule has 0 saturated carbocycles. The minimum absolute atomic E-state index is 0.359. The van der Waals surface area contributed by atoms with Crippen LogP contribution < -0.4 is 0 Å². The van der Waals surface area contributed by atoms with Crippen molar-refractivity contribution >= 4 is 43.5 Å². The van der Waals surface area contributed by atoms with Crippen molar-refractivity contribution < 1.29 is 0 Å². The second kappa shape index (κ2) is 4.85. The van der Waals surface area contributed by atoms with Crippen LogP contribution in [0.1, 0.15) is 5.82 Å². The van der Waals surface area contributed by atoms with Gasteiger partial charge in [-0.2, -0.15) is 0 Å². The van der Waals surface area contributed by atoms with Crippen LogP contribution in [-0.4, -0.2) is 14.8 Å². The molecule has 84 valence electrons.